The van der Waals surface area contributed by atoms with Crippen molar-refractivity contribution in [2.75, 3.05) is 13.7 Å². The normalized spacial score (nSPS) is 12.0. The van der Waals surface area contributed by atoms with Crippen molar-refractivity contribution in [1.29, 1.82) is 0 Å². The summed E-state index contributed by atoms with van der Waals surface area (Å²) in [7, 11) is -2.30. The average Bonchev–Trinajstić information content (AvgIpc) is 2.56. The van der Waals surface area contributed by atoms with Gasteiger partial charge >= 0.3 is 0 Å². The van der Waals surface area contributed by atoms with E-state index in [1.165, 1.54) is 19.2 Å². The Labute approximate surface area is 130 Å². The topological polar surface area (TPSA) is 59.0 Å². The molecule has 0 N–H and O–H groups in total. The zero-order valence-electron chi connectivity index (χ0n) is 12.5. The van der Waals surface area contributed by atoms with E-state index < -0.39 is 10.0 Å². The maximum atomic E-state index is 12.5. The summed E-state index contributed by atoms with van der Waals surface area (Å²) in [6.07, 6.45) is 0. The van der Waals surface area contributed by atoms with Crippen LogP contribution < -0.4 is 0 Å². The van der Waals surface area contributed by atoms with Gasteiger partial charge in [0, 0.05) is 12.6 Å². The Morgan fingerprint density at radius 1 is 1.05 bits per heavy atom. The van der Waals surface area contributed by atoms with Crippen LogP contribution in [0.25, 0.3) is 0 Å². The van der Waals surface area contributed by atoms with E-state index in [-0.39, 0.29) is 10.8 Å². The number of sulfonamides is 1. The summed E-state index contributed by atoms with van der Waals surface area (Å²) in [6.45, 7) is 2.22. The first kappa shape index (κ1) is 16.0. The molecule has 0 heterocycles. The van der Waals surface area contributed by atoms with Crippen molar-refractivity contribution in [3.63, 3.8) is 0 Å². The second-order valence-corrected chi connectivity index (χ2v) is 6.41. The SMILES string of the molecule is CCO/C(=N\N(C)S(=O)(=O)c1ccccc1)c1ccccc1. The Bertz CT molecular complexity index is 729. The van der Waals surface area contributed by atoms with Crippen molar-refractivity contribution in [2.45, 2.75) is 11.8 Å². The van der Waals surface area contributed by atoms with E-state index in [4.69, 9.17) is 4.74 Å². The van der Waals surface area contributed by atoms with Crippen molar-refractivity contribution < 1.29 is 13.2 Å². The molecule has 0 saturated carbocycles. The minimum Gasteiger partial charge on any atom is -0.477 e. The zero-order valence-corrected chi connectivity index (χ0v) is 13.3. The van der Waals surface area contributed by atoms with Crippen LogP contribution in [0, 0.1) is 0 Å². The lowest BCUT2D eigenvalue weighted by Crippen LogP contribution is -2.24. The van der Waals surface area contributed by atoms with Gasteiger partial charge in [-0.15, -0.1) is 5.10 Å². The lowest BCUT2D eigenvalue weighted by atomic mass is 10.2. The molecule has 0 aliphatic rings. The Morgan fingerprint density at radius 2 is 1.59 bits per heavy atom. The second kappa shape index (κ2) is 7.09. The molecule has 6 heteroatoms. The third-order valence-corrected chi connectivity index (χ3v) is 4.57. The van der Waals surface area contributed by atoms with Gasteiger partial charge in [-0.3, -0.25) is 0 Å². The van der Waals surface area contributed by atoms with E-state index >= 15 is 0 Å². The highest BCUT2D eigenvalue weighted by molar-refractivity contribution is 7.89. The monoisotopic (exact) mass is 318 g/mol. The number of hydrogen-bond acceptors (Lipinski definition) is 4. The highest BCUT2D eigenvalue weighted by atomic mass is 32.2. The highest BCUT2D eigenvalue weighted by Crippen LogP contribution is 2.15. The number of hydrazone groups is 1. The Hall–Kier alpha value is -2.34. The molecule has 0 saturated heterocycles. The Kier molecular flexibility index (Phi) is 5.16. The fourth-order valence-corrected chi connectivity index (χ4v) is 2.80. The molecule has 0 radical (unpaired) electrons. The Balaban J connectivity index is 2.36. The molecule has 0 aliphatic heterocycles. The van der Waals surface area contributed by atoms with Gasteiger partial charge < -0.3 is 4.74 Å². The number of benzene rings is 2. The van der Waals surface area contributed by atoms with Crippen LogP contribution in [-0.2, 0) is 14.8 Å². The van der Waals surface area contributed by atoms with Gasteiger partial charge in [-0.1, -0.05) is 36.4 Å². The summed E-state index contributed by atoms with van der Waals surface area (Å²) in [5.41, 5.74) is 0.722. The molecule has 2 aromatic carbocycles. The molecule has 22 heavy (non-hydrogen) atoms. The maximum absolute atomic E-state index is 12.5. The molecular weight excluding hydrogens is 300 g/mol. The van der Waals surface area contributed by atoms with Crippen molar-refractivity contribution in [3.05, 3.63) is 66.2 Å². The van der Waals surface area contributed by atoms with Crippen molar-refractivity contribution in [3.8, 4) is 0 Å². The predicted molar refractivity (Wildman–Crippen MR) is 86.0 cm³/mol. The fourth-order valence-electron chi connectivity index (χ4n) is 1.81. The lowest BCUT2D eigenvalue weighted by Gasteiger charge is -2.16. The standard InChI is InChI=1S/C16H18N2O3S/c1-3-21-16(14-10-6-4-7-11-14)17-18(2)22(19,20)15-12-8-5-9-13-15/h4-13H,3H2,1-2H3/b17-16-. The van der Waals surface area contributed by atoms with E-state index in [2.05, 4.69) is 5.10 Å². The van der Waals surface area contributed by atoms with Crippen LogP contribution in [0.2, 0.25) is 0 Å². The fraction of sp³-hybridized carbons (Fsp3) is 0.188. The van der Waals surface area contributed by atoms with Crippen molar-refractivity contribution >= 4 is 15.9 Å². The molecule has 0 aromatic heterocycles. The first-order chi connectivity index (χ1) is 10.6. The summed E-state index contributed by atoms with van der Waals surface area (Å²) in [6, 6.07) is 17.4. The molecular formula is C16H18N2O3S. The van der Waals surface area contributed by atoms with Crippen LogP contribution in [0.15, 0.2) is 70.7 Å². The minimum absolute atomic E-state index is 0.185. The average molecular weight is 318 g/mol. The molecule has 0 atom stereocenters. The van der Waals surface area contributed by atoms with Gasteiger partial charge in [-0.05, 0) is 31.2 Å². The summed E-state index contributed by atoms with van der Waals surface area (Å²) < 4.78 is 31.3. The van der Waals surface area contributed by atoms with E-state index in [0.29, 0.717) is 6.61 Å². The van der Waals surface area contributed by atoms with E-state index in [0.717, 1.165) is 9.98 Å². The minimum atomic E-state index is -3.69. The number of ether oxygens (including phenoxy) is 1. The smallest absolute Gasteiger partial charge is 0.278 e. The lowest BCUT2D eigenvalue weighted by molar-refractivity contribution is 0.318. The Morgan fingerprint density at radius 3 is 2.14 bits per heavy atom. The summed E-state index contributed by atoms with van der Waals surface area (Å²) in [5, 5.41) is 4.12. The van der Waals surface area contributed by atoms with Crippen LogP contribution in [-0.4, -0.2) is 32.4 Å². The molecule has 0 spiro atoms. The quantitative estimate of drug-likeness (QED) is 0.484. The van der Waals surface area contributed by atoms with Gasteiger partial charge in [0.15, 0.2) is 0 Å². The van der Waals surface area contributed by atoms with E-state index in [1.54, 1.807) is 18.2 Å². The third kappa shape index (κ3) is 3.65. The molecule has 0 amide bonds. The van der Waals surface area contributed by atoms with E-state index in [9.17, 15) is 8.42 Å². The zero-order chi connectivity index (χ0) is 16.0. The maximum Gasteiger partial charge on any atom is 0.278 e. The molecule has 5 nitrogen and oxygen atoms in total. The van der Waals surface area contributed by atoms with Gasteiger partial charge in [0.05, 0.1) is 11.5 Å². The van der Waals surface area contributed by atoms with Gasteiger partial charge in [-0.25, -0.2) is 0 Å². The van der Waals surface area contributed by atoms with Crippen LogP contribution in [0.3, 0.4) is 0 Å². The number of hydrogen-bond donors (Lipinski definition) is 0. The number of nitrogens with zero attached hydrogens (tertiary/aromatic N) is 2. The number of rotatable bonds is 5. The predicted octanol–water partition coefficient (Wildman–Crippen LogP) is 2.71. The van der Waals surface area contributed by atoms with Crippen LogP contribution in [0.4, 0.5) is 0 Å². The highest BCUT2D eigenvalue weighted by Gasteiger charge is 2.20. The van der Waals surface area contributed by atoms with Crippen LogP contribution >= 0.6 is 0 Å². The van der Waals surface area contributed by atoms with Crippen LogP contribution in [0.1, 0.15) is 12.5 Å². The third-order valence-electron chi connectivity index (χ3n) is 2.92. The van der Waals surface area contributed by atoms with Gasteiger partial charge in [-0.2, -0.15) is 12.8 Å². The summed E-state index contributed by atoms with van der Waals surface area (Å²) in [4.78, 5) is 0.185. The first-order valence-electron chi connectivity index (χ1n) is 6.86. The molecule has 0 unspecified atom stereocenters. The molecule has 0 aliphatic carbocycles. The largest absolute Gasteiger partial charge is 0.477 e. The van der Waals surface area contributed by atoms with E-state index in [1.807, 2.05) is 37.3 Å². The van der Waals surface area contributed by atoms with Crippen molar-refractivity contribution in [1.82, 2.24) is 4.41 Å². The summed E-state index contributed by atoms with van der Waals surface area (Å²) >= 11 is 0. The molecule has 116 valence electrons. The molecule has 0 fully saturated rings. The first-order valence-corrected chi connectivity index (χ1v) is 8.30. The van der Waals surface area contributed by atoms with Crippen LogP contribution in [0.5, 0.6) is 0 Å². The summed E-state index contributed by atoms with van der Waals surface area (Å²) in [5.74, 6) is 0.269. The van der Waals surface area contributed by atoms with Gasteiger partial charge in [0.25, 0.3) is 10.0 Å². The molecule has 0 bridgehead atoms. The second-order valence-electron chi connectivity index (χ2n) is 4.46. The molecule has 2 aromatic rings. The van der Waals surface area contributed by atoms with Crippen molar-refractivity contribution in [2.24, 2.45) is 5.10 Å². The molecule has 2 rings (SSSR count). The van der Waals surface area contributed by atoms with Gasteiger partial charge in [0.2, 0.25) is 5.90 Å². The van der Waals surface area contributed by atoms with Gasteiger partial charge in [0.1, 0.15) is 0 Å².